The lowest BCUT2D eigenvalue weighted by Gasteiger charge is -2.16. The molecule has 0 saturated heterocycles. The molecule has 0 radical (unpaired) electrons. The van der Waals surface area contributed by atoms with Gasteiger partial charge in [0.05, 0.1) is 4.70 Å². The van der Waals surface area contributed by atoms with E-state index >= 15 is 0 Å². The van der Waals surface area contributed by atoms with E-state index in [0.717, 1.165) is 0 Å². The van der Waals surface area contributed by atoms with Gasteiger partial charge in [-0.3, -0.25) is 9.36 Å². The first kappa shape index (κ1) is 20.6. The zero-order valence-electron chi connectivity index (χ0n) is 13.7. The first-order valence-electron chi connectivity index (χ1n) is 7.59. The fourth-order valence-corrected chi connectivity index (χ4v) is 5.54. The molecule has 0 aliphatic heterocycles. The second-order valence-corrected chi connectivity index (χ2v) is 9.94. The number of halogens is 4. The lowest BCUT2D eigenvalue weighted by atomic mass is 10.1. The molecule has 2 aromatic rings. The number of rotatable bonds is 6. The van der Waals surface area contributed by atoms with E-state index in [2.05, 4.69) is 15.9 Å². The van der Waals surface area contributed by atoms with Crippen LogP contribution < -0.4 is 10.5 Å². The van der Waals surface area contributed by atoms with Crippen molar-refractivity contribution in [3.63, 3.8) is 0 Å². The number of amides is 1. The summed E-state index contributed by atoms with van der Waals surface area (Å²) in [6, 6.07) is 2.40. The normalized spacial score (nSPS) is 22.9. The summed E-state index contributed by atoms with van der Waals surface area (Å²) in [6.45, 7) is 1.35. The molecule has 1 saturated carbocycles. The first-order chi connectivity index (χ1) is 12.3. The number of carbonyl (C=O) groups is 1. The minimum Gasteiger partial charge on any atom is -0.489 e. The van der Waals surface area contributed by atoms with E-state index in [1.807, 2.05) is 0 Å². The summed E-state index contributed by atoms with van der Waals surface area (Å²) in [7, 11) is -5.80. The molecule has 1 fully saturated rings. The number of primary amides is 1. The molecule has 27 heavy (non-hydrogen) atoms. The minimum absolute atomic E-state index is 0.0594. The highest BCUT2D eigenvalue weighted by molar-refractivity contribution is 9.10. The molecule has 148 valence electrons. The molecule has 12 heteroatoms. The summed E-state index contributed by atoms with van der Waals surface area (Å²) in [4.78, 5) is 28.6. The predicted octanol–water partition coefficient (Wildman–Crippen LogP) is 4.12. The van der Waals surface area contributed by atoms with Gasteiger partial charge in [0.15, 0.2) is 0 Å². The van der Waals surface area contributed by atoms with Crippen molar-refractivity contribution in [2.45, 2.75) is 24.7 Å². The molecule has 0 spiro atoms. The molecule has 3 rings (SSSR count). The standard InChI is InChI=1S/C15H14BrF3NO5PS/c1-6-4-14(6,17)5-25-9-3-7(13(20)21)2-8-10(16)12(27-11(8)9)15(18,19)26(22,23)24/h2-3,6H,4-5H2,1H3,(H2,20,21)(H2,22,23,24)/t6-,14-/m1/s1. The molecule has 1 aliphatic rings. The number of alkyl halides is 3. The van der Waals surface area contributed by atoms with Gasteiger partial charge in [-0.25, -0.2) is 4.39 Å². The largest absolute Gasteiger partial charge is 0.489 e. The summed E-state index contributed by atoms with van der Waals surface area (Å²) >= 11 is 3.30. The first-order valence-corrected chi connectivity index (χ1v) is 10.8. The number of hydrogen-bond acceptors (Lipinski definition) is 4. The van der Waals surface area contributed by atoms with Gasteiger partial charge in [0.2, 0.25) is 5.91 Å². The second kappa shape index (κ2) is 6.45. The quantitative estimate of drug-likeness (QED) is 0.531. The number of carbonyl (C=O) groups excluding carboxylic acids is 1. The molecule has 0 unspecified atom stereocenters. The van der Waals surface area contributed by atoms with Crippen LogP contribution in [-0.2, 0) is 10.2 Å². The lowest BCUT2D eigenvalue weighted by Crippen LogP contribution is -2.16. The van der Waals surface area contributed by atoms with Crippen molar-refractivity contribution in [2.75, 3.05) is 6.61 Å². The van der Waals surface area contributed by atoms with Gasteiger partial charge in [-0.05, 0) is 40.4 Å². The van der Waals surface area contributed by atoms with E-state index < -0.39 is 29.7 Å². The third-order valence-corrected chi connectivity index (χ3v) is 7.94. The highest BCUT2D eigenvalue weighted by Gasteiger charge is 2.54. The van der Waals surface area contributed by atoms with Crippen molar-refractivity contribution < 1.29 is 37.1 Å². The third kappa shape index (κ3) is 3.51. The lowest BCUT2D eigenvalue weighted by molar-refractivity contribution is 0.0595. The number of nitrogens with two attached hydrogens (primary N) is 1. The molecule has 1 aliphatic carbocycles. The Labute approximate surface area is 163 Å². The van der Waals surface area contributed by atoms with Gasteiger partial charge in [-0.1, -0.05) is 6.92 Å². The molecular formula is C15H14BrF3NO5PS. The number of fused-ring (bicyclic) bond motifs is 1. The molecular weight excluding hydrogens is 474 g/mol. The van der Waals surface area contributed by atoms with Crippen LogP contribution in [0.5, 0.6) is 5.75 Å². The maximum absolute atomic E-state index is 14.2. The maximum Gasteiger partial charge on any atom is 0.400 e. The predicted molar refractivity (Wildman–Crippen MR) is 97.1 cm³/mol. The smallest absolute Gasteiger partial charge is 0.400 e. The highest BCUT2D eigenvalue weighted by atomic mass is 79.9. The van der Waals surface area contributed by atoms with E-state index in [-0.39, 0.29) is 38.4 Å². The number of benzene rings is 1. The Morgan fingerprint density at radius 3 is 2.59 bits per heavy atom. The van der Waals surface area contributed by atoms with Gasteiger partial charge in [-0.15, -0.1) is 11.3 Å². The van der Waals surface area contributed by atoms with Crippen LogP contribution in [0.4, 0.5) is 13.2 Å². The molecule has 4 N–H and O–H groups in total. The molecule has 6 nitrogen and oxygen atoms in total. The highest BCUT2D eigenvalue weighted by Crippen LogP contribution is 2.63. The minimum atomic E-state index is -5.80. The Bertz CT molecular complexity index is 993. The monoisotopic (exact) mass is 487 g/mol. The van der Waals surface area contributed by atoms with Crippen molar-refractivity contribution >= 4 is 50.9 Å². The number of ether oxygens (including phenoxy) is 1. The zero-order valence-corrected chi connectivity index (χ0v) is 17.0. The van der Waals surface area contributed by atoms with Crippen molar-refractivity contribution in [1.29, 1.82) is 0 Å². The average molecular weight is 488 g/mol. The summed E-state index contributed by atoms with van der Waals surface area (Å²) in [6.07, 6.45) is 0.293. The Morgan fingerprint density at radius 1 is 1.52 bits per heavy atom. The van der Waals surface area contributed by atoms with Crippen LogP contribution in [0, 0.1) is 5.92 Å². The summed E-state index contributed by atoms with van der Waals surface area (Å²) < 4.78 is 59.1. The molecule has 1 amide bonds. The van der Waals surface area contributed by atoms with Crippen molar-refractivity contribution in [3.8, 4) is 5.75 Å². The van der Waals surface area contributed by atoms with Gasteiger partial charge in [0.1, 0.15) is 22.9 Å². The van der Waals surface area contributed by atoms with Gasteiger partial charge >= 0.3 is 13.3 Å². The molecule has 1 heterocycles. The van der Waals surface area contributed by atoms with Crippen LogP contribution in [0.15, 0.2) is 16.6 Å². The Kier molecular flexibility index (Phi) is 4.92. The molecule has 0 bridgehead atoms. The molecule has 1 aromatic heterocycles. The van der Waals surface area contributed by atoms with E-state index in [9.17, 15) is 22.5 Å². The van der Waals surface area contributed by atoms with Gasteiger partial charge < -0.3 is 20.3 Å². The summed E-state index contributed by atoms with van der Waals surface area (Å²) in [5, 5.41) is 0.0613. The van der Waals surface area contributed by atoms with Crippen LogP contribution in [0.25, 0.3) is 10.1 Å². The van der Waals surface area contributed by atoms with Crippen LogP contribution in [0.2, 0.25) is 0 Å². The van der Waals surface area contributed by atoms with Crippen molar-refractivity contribution in [1.82, 2.24) is 0 Å². The fourth-order valence-electron chi connectivity index (χ4n) is 2.56. The van der Waals surface area contributed by atoms with Crippen LogP contribution >= 0.6 is 34.9 Å². The molecule has 1 aromatic carbocycles. The van der Waals surface area contributed by atoms with E-state index in [1.165, 1.54) is 12.1 Å². The summed E-state index contributed by atoms with van der Waals surface area (Å²) in [5.41, 5.74) is -0.814. The van der Waals surface area contributed by atoms with Gasteiger partial charge in [-0.2, -0.15) is 8.78 Å². The number of thiophene rings is 1. The fraction of sp³-hybridized carbons (Fsp3) is 0.400. The van der Waals surface area contributed by atoms with Crippen LogP contribution in [0.1, 0.15) is 28.6 Å². The second-order valence-electron chi connectivity index (χ2n) is 6.47. The Hall–Kier alpha value is -1.13. The van der Waals surface area contributed by atoms with E-state index in [0.29, 0.717) is 17.8 Å². The van der Waals surface area contributed by atoms with Gasteiger partial charge in [0.25, 0.3) is 0 Å². The topological polar surface area (TPSA) is 110 Å². The Morgan fingerprint density at radius 2 is 2.11 bits per heavy atom. The number of hydrogen-bond donors (Lipinski definition) is 3. The van der Waals surface area contributed by atoms with Crippen molar-refractivity contribution in [2.24, 2.45) is 11.7 Å². The van der Waals surface area contributed by atoms with Crippen molar-refractivity contribution in [3.05, 3.63) is 27.0 Å². The maximum atomic E-state index is 14.2. The summed E-state index contributed by atoms with van der Waals surface area (Å²) in [5.74, 6) is -1.13. The van der Waals surface area contributed by atoms with Crippen LogP contribution in [-0.4, -0.2) is 28.0 Å². The third-order valence-electron chi connectivity index (χ3n) is 4.45. The zero-order chi connectivity index (χ0) is 20.4. The van der Waals surface area contributed by atoms with Gasteiger partial charge in [0, 0.05) is 15.4 Å². The molecule has 2 atom stereocenters. The average Bonchev–Trinajstić information content (AvgIpc) is 2.99. The van der Waals surface area contributed by atoms with E-state index in [1.54, 1.807) is 6.92 Å². The van der Waals surface area contributed by atoms with E-state index in [4.69, 9.17) is 20.3 Å². The van der Waals surface area contributed by atoms with Crippen LogP contribution in [0.3, 0.4) is 0 Å². The Balaban J connectivity index is 2.15. The SMILES string of the molecule is C[C@@H]1C[C@@]1(F)COc1cc(C(N)=O)cc2c(Br)c(C(F)(F)P(=O)(O)O)sc12.